The van der Waals surface area contributed by atoms with Gasteiger partial charge in [0, 0.05) is 31.1 Å². The average Bonchev–Trinajstić information content (AvgIpc) is 2.95. The number of hydrogen-bond donors (Lipinski definition) is 1. The molecule has 98 valence electrons. The Labute approximate surface area is 113 Å². The maximum atomic E-state index is 10.7. The van der Waals surface area contributed by atoms with Gasteiger partial charge in [0.05, 0.1) is 5.69 Å². The summed E-state index contributed by atoms with van der Waals surface area (Å²) in [6.45, 7) is 2.00. The molecule has 1 aromatic heterocycles. The second-order valence-corrected chi connectivity index (χ2v) is 6.45. The maximum absolute atomic E-state index is 10.7. The van der Waals surface area contributed by atoms with E-state index in [-0.39, 0.29) is 0 Å². The van der Waals surface area contributed by atoms with Gasteiger partial charge in [-0.1, -0.05) is 6.07 Å². The van der Waals surface area contributed by atoms with Crippen LogP contribution in [0.2, 0.25) is 0 Å². The Balaban J connectivity index is 1.65. The van der Waals surface area contributed by atoms with Crippen molar-refractivity contribution in [2.24, 2.45) is 0 Å². The van der Waals surface area contributed by atoms with E-state index in [1.54, 1.807) is 6.20 Å². The molecule has 18 heavy (non-hydrogen) atoms. The number of thioether (sulfide) groups is 1. The first-order valence-corrected chi connectivity index (χ1v) is 7.89. The third-order valence-corrected chi connectivity index (χ3v) is 5.33. The van der Waals surface area contributed by atoms with Gasteiger partial charge in [0.25, 0.3) is 0 Å². The molecule has 0 unspecified atom stereocenters. The van der Waals surface area contributed by atoms with Crippen LogP contribution < -0.4 is 0 Å². The monoisotopic (exact) mass is 264 g/mol. The Morgan fingerprint density at radius 2 is 2.17 bits per heavy atom. The summed E-state index contributed by atoms with van der Waals surface area (Å²) in [5.41, 5.74) is 0.134. The number of nitrogens with zero attached hydrogens (tertiary/aromatic N) is 2. The molecule has 0 aliphatic carbocycles. The summed E-state index contributed by atoms with van der Waals surface area (Å²) in [5, 5.41) is 10.7. The number of hydrogen-bond acceptors (Lipinski definition) is 4. The lowest BCUT2D eigenvalue weighted by molar-refractivity contribution is -0.0364. The number of aliphatic hydroxyl groups is 1. The Kier molecular flexibility index (Phi) is 3.59. The second kappa shape index (κ2) is 5.19. The van der Waals surface area contributed by atoms with E-state index in [4.69, 9.17) is 0 Å². The minimum absolute atomic E-state index is 0.705. The van der Waals surface area contributed by atoms with Crippen molar-refractivity contribution >= 4 is 11.8 Å². The molecule has 4 heteroatoms. The molecule has 0 amide bonds. The lowest BCUT2D eigenvalue weighted by Crippen LogP contribution is -2.47. The zero-order chi connectivity index (χ0) is 12.4. The largest absolute Gasteiger partial charge is 0.383 e. The van der Waals surface area contributed by atoms with E-state index in [9.17, 15) is 5.11 Å². The Hall–Kier alpha value is -0.580. The molecule has 0 spiro atoms. The standard InChI is InChI=1S/C14H20N2OS/c17-14(13-3-1-2-7-15-13)5-8-16(9-6-14)12-4-10-18-11-12/h1-3,7,12,17H,4-6,8-11H2/t12-/m0/s1. The summed E-state index contributed by atoms with van der Waals surface area (Å²) >= 11 is 2.06. The van der Waals surface area contributed by atoms with Crippen molar-refractivity contribution in [3.8, 4) is 0 Å². The van der Waals surface area contributed by atoms with Gasteiger partial charge in [-0.25, -0.2) is 0 Å². The van der Waals surface area contributed by atoms with Crippen molar-refractivity contribution in [2.75, 3.05) is 24.6 Å². The van der Waals surface area contributed by atoms with Gasteiger partial charge in [-0.3, -0.25) is 9.88 Å². The molecule has 1 N–H and O–H groups in total. The smallest absolute Gasteiger partial charge is 0.109 e. The number of pyridine rings is 1. The minimum Gasteiger partial charge on any atom is -0.383 e. The SMILES string of the molecule is OC1(c2ccccn2)CCN([C@H]2CCSC2)CC1. The number of likely N-dealkylation sites (tertiary alicyclic amines) is 1. The number of rotatable bonds is 2. The van der Waals surface area contributed by atoms with Gasteiger partial charge in [0.1, 0.15) is 5.60 Å². The summed E-state index contributed by atoms with van der Waals surface area (Å²) in [5.74, 6) is 2.56. The third-order valence-electron chi connectivity index (χ3n) is 4.19. The van der Waals surface area contributed by atoms with Gasteiger partial charge >= 0.3 is 0 Å². The number of piperidine rings is 1. The predicted octanol–water partition coefficient (Wildman–Crippen LogP) is 1.87. The van der Waals surface area contributed by atoms with Crippen LogP contribution in [0.5, 0.6) is 0 Å². The van der Waals surface area contributed by atoms with Gasteiger partial charge < -0.3 is 5.11 Å². The van der Waals surface area contributed by atoms with E-state index in [0.29, 0.717) is 0 Å². The second-order valence-electron chi connectivity index (χ2n) is 5.30. The molecule has 0 aromatic carbocycles. The van der Waals surface area contributed by atoms with Crippen LogP contribution in [0.25, 0.3) is 0 Å². The molecule has 1 aromatic rings. The van der Waals surface area contributed by atoms with Crippen LogP contribution in [0.4, 0.5) is 0 Å². The lowest BCUT2D eigenvalue weighted by atomic mass is 9.87. The fraction of sp³-hybridized carbons (Fsp3) is 0.643. The van der Waals surface area contributed by atoms with E-state index in [2.05, 4.69) is 21.6 Å². The first kappa shape index (κ1) is 12.5. The van der Waals surface area contributed by atoms with Crippen LogP contribution in [0.1, 0.15) is 25.0 Å². The molecule has 2 aliphatic heterocycles. The van der Waals surface area contributed by atoms with Gasteiger partial charge in [-0.15, -0.1) is 0 Å². The molecule has 2 aliphatic rings. The molecular formula is C14H20N2OS. The summed E-state index contributed by atoms with van der Waals surface area (Å²) in [7, 11) is 0. The predicted molar refractivity (Wildman–Crippen MR) is 74.7 cm³/mol. The Bertz CT molecular complexity index is 384. The Morgan fingerprint density at radius 3 is 2.78 bits per heavy atom. The highest BCUT2D eigenvalue weighted by atomic mass is 32.2. The molecular weight excluding hydrogens is 244 g/mol. The first-order valence-electron chi connectivity index (χ1n) is 6.74. The minimum atomic E-state index is -0.705. The van der Waals surface area contributed by atoms with Gasteiger partial charge in [-0.05, 0) is 37.1 Å². The topological polar surface area (TPSA) is 36.4 Å². The van der Waals surface area contributed by atoms with Crippen LogP contribution in [0.15, 0.2) is 24.4 Å². The third kappa shape index (κ3) is 2.42. The van der Waals surface area contributed by atoms with E-state index in [0.717, 1.165) is 37.7 Å². The molecule has 0 radical (unpaired) electrons. The van der Waals surface area contributed by atoms with Crippen LogP contribution in [-0.2, 0) is 5.60 Å². The van der Waals surface area contributed by atoms with Crippen molar-refractivity contribution in [2.45, 2.75) is 30.9 Å². The fourth-order valence-corrected chi connectivity index (χ4v) is 4.22. The zero-order valence-corrected chi connectivity index (χ0v) is 11.4. The van der Waals surface area contributed by atoms with Crippen molar-refractivity contribution in [1.29, 1.82) is 0 Å². The lowest BCUT2D eigenvalue weighted by Gasteiger charge is -2.40. The summed E-state index contributed by atoms with van der Waals surface area (Å²) in [6.07, 6.45) is 4.70. The fourth-order valence-electron chi connectivity index (χ4n) is 2.96. The molecule has 3 heterocycles. The van der Waals surface area contributed by atoms with E-state index in [1.165, 1.54) is 17.9 Å². The number of aromatic nitrogens is 1. The van der Waals surface area contributed by atoms with Gasteiger partial charge in [-0.2, -0.15) is 11.8 Å². The van der Waals surface area contributed by atoms with E-state index < -0.39 is 5.60 Å². The molecule has 0 bridgehead atoms. The quantitative estimate of drug-likeness (QED) is 0.885. The normalized spacial score (nSPS) is 28.4. The van der Waals surface area contributed by atoms with E-state index in [1.807, 2.05) is 18.2 Å². The molecule has 3 rings (SSSR count). The summed E-state index contributed by atoms with van der Waals surface area (Å²) in [4.78, 5) is 6.88. The van der Waals surface area contributed by atoms with Gasteiger partial charge in [0.2, 0.25) is 0 Å². The van der Waals surface area contributed by atoms with Crippen LogP contribution in [0, 0.1) is 0 Å². The van der Waals surface area contributed by atoms with Crippen molar-refractivity contribution in [3.63, 3.8) is 0 Å². The van der Waals surface area contributed by atoms with Crippen LogP contribution >= 0.6 is 11.8 Å². The first-order chi connectivity index (χ1) is 8.78. The maximum Gasteiger partial charge on any atom is 0.109 e. The highest BCUT2D eigenvalue weighted by Crippen LogP contribution is 2.34. The van der Waals surface area contributed by atoms with Crippen LogP contribution in [-0.4, -0.2) is 45.6 Å². The van der Waals surface area contributed by atoms with Gasteiger partial charge in [0.15, 0.2) is 0 Å². The van der Waals surface area contributed by atoms with Crippen molar-refractivity contribution in [1.82, 2.24) is 9.88 Å². The highest BCUT2D eigenvalue weighted by molar-refractivity contribution is 7.99. The summed E-state index contributed by atoms with van der Waals surface area (Å²) in [6, 6.07) is 6.54. The molecule has 2 fully saturated rings. The van der Waals surface area contributed by atoms with Crippen molar-refractivity contribution < 1.29 is 5.11 Å². The average molecular weight is 264 g/mol. The zero-order valence-electron chi connectivity index (χ0n) is 10.6. The molecule has 2 saturated heterocycles. The Morgan fingerprint density at radius 1 is 1.33 bits per heavy atom. The molecule has 1 atom stereocenters. The van der Waals surface area contributed by atoms with E-state index >= 15 is 0 Å². The molecule has 3 nitrogen and oxygen atoms in total. The van der Waals surface area contributed by atoms with Crippen LogP contribution in [0.3, 0.4) is 0 Å². The highest BCUT2D eigenvalue weighted by Gasteiger charge is 2.37. The molecule has 0 saturated carbocycles. The van der Waals surface area contributed by atoms with Crippen molar-refractivity contribution in [3.05, 3.63) is 30.1 Å². The summed E-state index contributed by atoms with van der Waals surface area (Å²) < 4.78 is 0.